The predicted molar refractivity (Wildman–Crippen MR) is 81.8 cm³/mol. The number of ether oxygens (including phenoxy) is 4. The van der Waals surface area contributed by atoms with Gasteiger partial charge in [-0.15, -0.1) is 0 Å². The van der Waals surface area contributed by atoms with Crippen LogP contribution < -0.4 is 0 Å². The normalized spacial score (nSPS) is 8.64. The van der Waals surface area contributed by atoms with Crippen LogP contribution in [-0.4, -0.2) is 102 Å². The van der Waals surface area contributed by atoms with Crippen molar-refractivity contribution in [3.05, 3.63) is 0 Å². The fourth-order valence-electron chi connectivity index (χ4n) is 0.482. The van der Waals surface area contributed by atoms with Crippen LogP contribution in [0.1, 0.15) is 0 Å². The number of rotatable bonds is 12. The molecule has 13 heteroatoms. The molecular formula is C12H32O12Ti. The second-order valence-corrected chi connectivity index (χ2v) is 3.30. The molecule has 0 atom stereocenters. The maximum absolute atomic E-state index is 7.62. The summed E-state index contributed by atoms with van der Waals surface area (Å²) in [6, 6.07) is 0. The van der Waals surface area contributed by atoms with Crippen LogP contribution in [0.25, 0.3) is 0 Å². The van der Waals surface area contributed by atoms with Crippen molar-refractivity contribution < 1.29 is 81.2 Å². The van der Waals surface area contributed by atoms with E-state index in [1.165, 1.54) is 0 Å². The topological polar surface area (TPSA) is 155 Å². The number of hydrogen-bond donors (Lipinski definition) is 4. The number of hydrogen-bond acceptors (Lipinski definition) is 12. The van der Waals surface area contributed by atoms with Gasteiger partial charge in [0.1, 0.15) is 26.4 Å². The van der Waals surface area contributed by atoms with Gasteiger partial charge < -0.3 is 18.9 Å². The van der Waals surface area contributed by atoms with E-state index in [4.69, 9.17) is 21.0 Å². The molecule has 0 aromatic carbocycles. The standard InChI is InChI=1S/4C3H8O3.Ti/c4*1-5-2-3-6-4;/h4*4H,2-3H2,1H3;. The maximum Gasteiger partial charge on any atom is 0.105 e. The predicted octanol–water partition coefficient (Wildman–Crippen LogP) is 0.487. The average Bonchev–Trinajstić information content (AvgIpc) is 2.62. The van der Waals surface area contributed by atoms with Crippen molar-refractivity contribution in [1.29, 1.82) is 0 Å². The van der Waals surface area contributed by atoms with Gasteiger partial charge in [-0.1, -0.05) is 0 Å². The van der Waals surface area contributed by atoms with Crippen molar-refractivity contribution in [3.63, 3.8) is 0 Å². The molecule has 0 amide bonds. The third-order valence-electron chi connectivity index (χ3n) is 1.51. The zero-order chi connectivity index (χ0) is 19.3. The molecule has 156 valence electrons. The SMILES string of the molecule is COCCOO.COCCOO.COCCOO.COCCOO.[Ti]. The van der Waals surface area contributed by atoms with Gasteiger partial charge in [-0.3, -0.25) is 21.0 Å². The Morgan fingerprint density at radius 1 is 0.400 bits per heavy atom. The Bertz CT molecular complexity index is 110. The van der Waals surface area contributed by atoms with E-state index in [-0.39, 0.29) is 48.1 Å². The molecule has 0 bridgehead atoms. The van der Waals surface area contributed by atoms with E-state index in [2.05, 4.69) is 38.5 Å². The zero-order valence-corrected chi connectivity index (χ0v) is 16.8. The van der Waals surface area contributed by atoms with E-state index >= 15 is 0 Å². The summed E-state index contributed by atoms with van der Waals surface area (Å²) in [6.45, 7) is 2.75. The van der Waals surface area contributed by atoms with Gasteiger partial charge in [0.2, 0.25) is 0 Å². The molecule has 0 aromatic rings. The monoisotopic (exact) mass is 416 g/mol. The first kappa shape index (κ1) is 36.2. The van der Waals surface area contributed by atoms with E-state index < -0.39 is 0 Å². The molecular weight excluding hydrogens is 384 g/mol. The quantitative estimate of drug-likeness (QED) is 0.151. The smallest absolute Gasteiger partial charge is 0.105 e. The van der Waals surface area contributed by atoms with Gasteiger partial charge in [0.15, 0.2) is 0 Å². The molecule has 0 rings (SSSR count). The van der Waals surface area contributed by atoms with Gasteiger partial charge in [-0.2, -0.15) is 0 Å². The molecule has 0 saturated heterocycles. The van der Waals surface area contributed by atoms with Crippen LogP contribution in [0.4, 0.5) is 0 Å². The first-order valence-electron chi connectivity index (χ1n) is 6.67. The Labute approximate surface area is 163 Å². The molecule has 0 saturated carbocycles. The third kappa shape index (κ3) is 80.0. The van der Waals surface area contributed by atoms with Crippen LogP contribution in [0.3, 0.4) is 0 Å². The first-order valence-corrected chi connectivity index (χ1v) is 6.67. The van der Waals surface area contributed by atoms with Gasteiger partial charge in [0.05, 0.1) is 26.4 Å². The van der Waals surface area contributed by atoms with Crippen molar-refractivity contribution in [2.75, 3.05) is 81.3 Å². The molecule has 12 nitrogen and oxygen atoms in total. The Morgan fingerprint density at radius 3 is 0.600 bits per heavy atom. The average molecular weight is 416 g/mol. The van der Waals surface area contributed by atoms with Crippen LogP contribution in [0.5, 0.6) is 0 Å². The molecule has 0 heterocycles. The summed E-state index contributed by atoms with van der Waals surface area (Å²) < 4.78 is 18.0. The van der Waals surface area contributed by atoms with Gasteiger partial charge in [-0.25, -0.2) is 19.6 Å². The van der Waals surface area contributed by atoms with E-state index in [0.717, 1.165) is 0 Å². The van der Waals surface area contributed by atoms with Crippen molar-refractivity contribution in [3.8, 4) is 0 Å². The van der Waals surface area contributed by atoms with Crippen molar-refractivity contribution in [2.24, 2.45) is 0 Å². The van der Waals surface area contributed by atoms with Crippen LogP contribution >= 0.6 is 0 Å². The van der Waals surface area contributed by atoms with E-state index in [1.807, 2.05) is 0 Å². The summed E-state index contributed by atoms with van der Waals surface area (Å²) in [6.07, 6.45) is 0. The minimum absolute atomic E-state index is 0. The fourth-order valence-corrected chi connectivity index (χ4v) is 0.482. The minimum Gasteiger partial charge on any atom is -0.382 e. The third-order valence-corrected chi connectivity index (χ3v) is 1.51. The van der Waals surface area contributed by atoms with Gasteiger partial charge in [-0.05, 0) is 0 Å². The maximum atomic E-state index is 7.62. The first-order chi connectivity index (χ1) is 11.7. The molecule has 0 aromatic heterocycles. The molecule has 0 unspecified atom stereocenters. The molecule has 0 aliphatic carbocycles. The second kappa shape index (κ2) is 49.6. The number of methoxy groups -OCH3 is 4. The molecule has 0 spiro atoms. The van der Waals surface area contributed by atoms with Gasteiger partial charge >= 0.3 is 0 Å². The Morgan fingerprint density at radius 2 is 0.560 bits per heavy atom. The van der Waals surface area contributed by atoms with Crippen molar-refractivity contribution in [1.82, 2.24) is 0 Å². The summed E-state index contributed by atoms with van der Waals surface area (Å²) in [7, 11) is 6.16. The minimum atomic E-state index is 0. The van der Waals surface area contributed by atoms with Crippen LogP contribution in [0.2, 0.25) is 0 Å². The molecule has 25 heavy (non-hydrogen) atoms. The summed E-state index contributed by atoms with van der Waals surface area (Å²) in [4.78, 5) is 14.6. The van der Waals surface area contributed by atoms with Crippen molar-refractivity contribution >= 4 is 0 Å². The Kier molecular flexibility index (Phi) is 71.9. The van der Waals surface area contributed by atoms with E-state index in [9.17, 15) is 0 Å². The zero-order valence-electron chi connectivity index (χ0n) is 15.2. The van der Waals surface area contributed by atoms with E-state index in [0.29, 0.717) is 26.4 Å². The van der Waals surface area contributed by atoms with Crippen LogP contribution in [0.15, 0.2) is 0 Å². The molecule has 0 fully saturated rings. The van der Waals surface area contributed by atoms with Gasteiger partial charge in [0.25, 0.3) is 0 Å². The van der Waals surface area contributed by atoms with Crippen LogP contribution in [0, 0.1) is 0 Å². The van der Waals surface area contributed by atoms with Crippen molar-refractivity contribution in [2.45, 2.75) is 0 Å². The Balaban J connectivity index is -0.0000000702. The second-order valence-electron chi connectivity index (χ2n) is 3.30. The summed E-state index contributed by atoms with van der Waals surface area (Å²) >= 11 is 0. The van der Waals surface area contributed by atoms with Gasteiger partial charge in [0, 0.05) is 50.2 Å². The Hall–Kier alpha value is 0.234. The molecule has 0 aliphatic heterocycles. The fraction of sp³-hybridized carbons (Fsp3) is 1.00. The summed E-state index contributed by atoms with van der Waals surface area (Å²) in [5.41, 5.74) is 0. The molecule has 0 radical (unpaired) electrons. The summed E-state index contributed by atoms with van der Waals surface area (Å²) in [5.74, 6) is 0. The van der Waals surface area contributed by atoms with Crippen LogP contribution in [-0.2, 0) is 60.2 Å². The van der Waals surface area contributed by atoms with E-state index in [1.54, 1.807) is 28.4 Å². The summed E-state index contributed by atoms with van der Waals surface area (Å²) in [5, 5.41) is 30.5. The molecule has 0 aliphatic rings. The molecule has 4 N–H and O–H groups in total. The largest absolute Gasteiger partial charge is 0.382 e.